The molecule has 0 unspecified atom stereocenters. The second-order valence-corrected chi connectivity index (χ2v) is 1.69. The summed E-state index contributed by atoms with van der Waals surface area (Å²) in [6.45, 7) is 0. The lowest BCUT2D eigenvalue weighted by Gasteiger charge is -1.90. The summed E-state index contributed by atoms with van der Waals surface area (Å²) in [6.07, 6.45) is 5.23. The highest BCUT2D eigenvalue weighted by Crippen LogP contribution is 1.89. The molecule has 0 bridgehead atoms. The van der Waals surface area contributed by atoms with Gasteiger partial charge in [0.25, 0.3) is 0 Å². The predicted octanol–water partition coefficient (Wildman–Crippen LogP) is -0.0961. The fourth-order valence-electron chi connectivity index (χ4n) is 0.526. The monoisotopic (exact) mass is 137 g/mol. The maximum Gasteiger partial charge on any atom is 0.309 e. The number of hydrogen-bond donors (Lipinski definition) is 1. The molecule has 1 radical (unpaired) electrons. The summed E-state index contributed by atoms with van der Waals surface area (Å²) in [6, 6.07) is 0. The van der Waals surface area contributed by atoms with Crippen molar-refractivity contribution in [2.75, 3.05) is 0 Å². The van der Waals surface area contributed by atoms with Crippen LogP contribution in [0.2, 0.25) is 0 Å². The lowest BCUT2D eigenvalue weighted by molar-refractivity contribution is -0.136. The quantitative estimate of drug-likeness (QED) is 0.618. The largest absolute Gasteiger partial charge is 0.481 e. The van der Waals surface area contributed by atoms with Crippen LogP contribution in [0.4, 0.5) is 0 Å². The Morgan fingerprint density at radius 2 is 2.50 bits per heavy atom. The lowest BCUT2D eigenvalue weighted by Crippen LogP contribution is -2.02. The number of hydrogen-bond acceptors (Lipinski definition) is 3. The number of carboxylic acids is 1. The van der Waals surface area contributed by atoms with E-state index in [0.29, 0.717) is 5.69 Å². The topological polar surface area (TPSA) is 63.1 Å². The Balaban J connectivity index is 2.67. The molecule has 1 rings (SSSR count). The van der Waals surface area contributed by atoms with Gasteiger partial charge in [0.15, 0.2) is 0 Å². The van der Waals surface area contributed by atoms with Crippen molar-refractivity contribution in [1.82, 2.24) is 9.97 Å². The normalized spacial score (nSPS) is 9.20. The van der Waals surface area contributed by atoms with Crippen LogP contribution in [0.5, 0.6) is 0 Å². The molecule has 0 atom stereocenters. The molecule has 1 aromatic heterocycles. The summed E-state index contributed by atoms with van der Waals surface area (Å²) >= 11 is 0. The molecule has 0 aliphatic heterocycles. The second-order valence-electron chi connectivity index (χ2n) is 1.69. The molecule has 1 N–H and O–H groups in total. The van der Waals surface area contributed by atoms with Crippen LogP contribution in [0, 0.1) is 6.20 Å². The molecule has 0 saturated heterocycles. The number of carbonyl (C=O) groups is 1. The summed E-state index contributed by atoms with van der Waals surface area (Å²) < 4.78 is 0. The van der Waals surface area contributed by atoms with Crippen molar-refractivity contribution >= 4 is 5.97 Å². The first-order valence-electron chi connectivity index (χ1n) is 2.68. The fourth-order valence-corrected chi connectivity index (χ4v) is 0.526. The molecule has 0 amide bonds. The van der Waals surface area contributed by atoms with Gasteiger partial charge in [-0.2, -0.15) is 0 Å². The van der Waals surface area contributed by atoms with E-state index in [4.69, 9.17) is 5.11 Å². The standard InChI is InChI=1S/C6H5N2O2/c9-6(10)3-5-4-7-1-2-8-5/h1-2H,3H2,(H,9,10). The fraction of sp³-hybridized carbons (Fsp3) is 0.167. The third-order valence-electron chi connectivity index (χ3n) is 0.884. The summed E-state index contributed by atoms with van der Waals surface area (Å²) in [4.78, 5) is 17.4. The van der Waals surface area contributed by atoms with E-state index in [0.717, 1.165) is 0 Å². The number of aromatic nitrogens is 2. The van der Waals surface area contributed by atoms with E-state index in [1.165, 1.54) is 12.4 Å². The minimum Gasteiger partial charge on any atom is -0.481 e. The maximum absolute atomic E-state index is 10.1. The zero-order chi connectivity index (χ0) is 7.40. The molecule has 0 fully saturated rings. The van der Waals surface area contributed by atoms with E-state index in [1.807, 2.05) is 0 Å². The van der Waals surface area contributed by atoms with Gasteiger partial charge in [-0.15, -0.1) is 0 Å². The summed E-state index contributed by atoms with van der Waals surface area (Å²) in [5, 5.41) is 8.28. The minimum atomic E-state index is -0.920. The molecule has 51 valence electrons. The summed E-state index contributed by atoms with van der Waals surface area (Å²) in [5.41, 5.74) is 0.356. The zero-order valence-electron chi connectivity index (χ0n) is 5.11. The maximum atomic E-state index is 10.1. The van der Waals surface area contributed by atoms with Crippen LogP contribution < -0.4 is 0 Å². The second kappa shape index (κ2) is 2.91. The Morgan fingerprint density at radius 3 is 3.00 bits per heavy atom. The Hall–Kier alpha value is -1.45. The van der Waals surface area contributed by atoms with Crippen LogP contribution in [0.1, 0.15) is 5.69 Å². The van der Waals surface area contributed by atoms with E-state index in [-0.39, 0.29) is 6.42 Å². The van der Waals surface area contributed by atoms with Crippen LogP contribution in [0.15, 0.2) is 12.4 Å². The molecular weight excluding hydrogens is 132 g/mol. The molecule has 0 aliphatic carbocycles. The minimum absolute atomic E-state index is 0.117. The smallest absolute Gasteiger partial charge is 0.309 e. The lowest BCUT2D eigenvalue weighted by atomic mass is 10.3. The van der Waals surface area contributed by atoms with E-state index in [2.05, 4.69) is 16.2 Å². The van der Waals surface area contributed by atoms with Gasteiger partial charge in [-0.05, 0) is 0 Å². The van der Waals surface area contributed by atoms with Crippen LogP contribution >= 0.6 is 0 Å². The Morgan fingerprint density at radius 1 is 1.70 bits per heavy atom. The molecule has 1 aromatic rings. The van der Waals surface area contributed by atoms with Crippen LogP contribution in [-0.4, -0.2) is 21.0 Å². The molecule has 0 saturated carbocycles. The molecule has 10 heavy (non-hydrogen) atoms. The molecule has 0 aliphatic rings. The van der Waals surface area contributed by atoms with Crippen molar-refractivity contribution in [1.29, 1.82) is 0 Å². The number of nitrogens with zero attached hydrogens (tertiary/aromatic N) is 2. The van der Waals surface area contributed by atoms with Crippen molar-refractivity contribution in [3.05, 3.63) is 24.3 Å². The first kappa shape index (κ1) is 6.67. The van der Waals surface area contributed by atoms with Gasteiger partial charge in [0.1, 0.15) is 6.20 Å². The van der Waals surface area contributed by atoms with Crippen molar-refractivity contribution in [3.63, 3.8) is 0 Å². The van der Waals surface area contributed by atoms with Crippen LogP contribution in [-0.2, 0) is 11.2 Å². The molecule has 0 aromatic carbocycles. The van der Waals surface area contributed by atoms with Gasteiger partial charge < -0.3 is 5.11 Å². The number of rotatable bonds is 2. The van der Waals surface area contributed by atoms with Gasteiger partial charge >= 0.3 is 5.97 Å². The molecule has 4 nitrogen and oxygen atoms in total. The van der Waals surface area contributed by atoms with Gasteiger partial charge in [0.05, 0.1) is 12.1 Å². The summed E-state index contributed by atoms with van der Waals surface area (Å²) in [5.74, 6) is -0.920. The zero-order valence-corrected chi connectivity index (χ0v) is 5.11. The third kappa shape index (κ3) is 1.81. The van der Waals surface area contributed by atoms with E-state index in [9.17, 15) is 4.79 Å². The Bertz CT molecular complexity index is 222. The van der Waals surface area contributed by atoms with Gasteiger partial charge in [0, 0.05) is 12.4 Å². The van der Waals surface area contributed by atoms with E-state index < -0.39 is 5.97 Å². The molecule has 0 spiro atoms. The van der Waals surface area contributed by atoms with Crippen molar-refractivity contribution in [2.24, 2.45) is 0 Å². The van der Waals surface area contributed by atoms with Gasteiger partial charge in [-0.1, -0.05) is 0 Å². The highest BCUT2D eigenvalue weighted by atomic mass is 16.4. The Kier molecular flexibility index (Phi) is 1.94. The number of carboxylic acid groups (broad SMARTS) is 1. The average Bonchev–Trinajstić information content (AvgIpc) is 1.88. The SMILES string of the molecule is O=C(O)Cc1[c]nccn1. The third-order valence-corrected chi connectivity index (χ3v) is 0.884. The molecule has 4 heteroatoms. The first-order valence-corrected chi connectivity index (χ1v) is 2.68. The van der Waals surface area contributed by atoms with Gasteiger partial charge in [-0.3, -0.25) is 14.8 Å². The van der Waals surface area contributed by atoms with Crippen LogP contribution in [0.3, 0.4) is 0 Å². The molecular formula is C6H5N2O2. The van der Waals surface area contributed by atoms with E-state index >= 15 is 0 Å². The summed E-state index contributed by atoms with van der Waals surface area (Å²) in [7, 11) is 0. The van der Waals surface area contributed by atoms with Gasteiger partial charge in [-0.25, -0.2) is 0 Å². The Labute approximate surface area is 57.6 Å². The average molecular weight is 137 g/mol. The van der Waals surface area contributed by atoms with Crippen molar-refractivity contribution in [3.8, 4) is 0 Å². The highest BCUT2D eigenvalue weighted by Gasteiger charge is 1.99. The number of aliphatic carboxylic acids is 1. The van der Waals surface area contributed by atoms with Crippen LogP contribution in [0.25, 0.3) is 0 Å². The van der Waals surface area contributed by atoms with Crippen molar-refractivity contribution in [2.45, 2.75) is 6.42 Å². The van der Waals surface area contributed by atoms with Gasteiger partial charge in [0.2, 0.25) is 0 Å². The van der Waals surface area contributed by atoms with Crippen molar-refractivity contribution < 1.29 is 9.90 Å². The predicted molar refractivity (Wildman–Crippen MR) is 32.2 cm³/mol. The van der Waals surface area contributed by atoms with E-state index in [1.54, 1.807) is 0 Å². The highest BCUT2D eigenvalue weighted by molar-refractivity contribution is 5.69. The molecule has 1 heterocycles. The first-order chi connectivity index (χ1) is 4.79.